The lowest BCUT2D eigenvalue weighted by Crippen LogP contribution is -2.39. The first-order chi connectivity index (χ1) is 6.81. The van der Waals surface area contributed by atoms with Gasteiger partial charge < -0.3 is 10.4 Å². The zero-order chi connectivity index (χ0) is 9.60. The van der Waals surface area contributed by atoms with Crippen LogP contribution < -0.4 is 5.32 Å². The first-order valence-corrected chi connectivity index (χ1v) is 5.86. The predicted molar refractivity (Wildman–Crippen MR) is 55.9 cm³/mol. The highest BCUT2D eigenvalue weighted by atomic mass is 16.3. The Morgan fingerprint density at radius 2 is 2.14 bits per heavy atom. The first kappa shape index (κ1) is 8.93. The van der Waals surface area contributed by atoms with E-state index < -0.39 is 0 Å². The van der Waals surface area contributed by atoms with Gasteiger partial charge in [0.2, 0.25) is 0 Å². The Hall–Kier alpha value is -0.340. The Morgan fingerprint density at radius 1 is 1.29 bits per heavy atom. The van der Waals surface area contributed by atoms with Gasteiger partial charge in [0.15, 0.2) is 0 Å². The van der Waals surface area contributed by atoms with Crippen molar-refractivity contribution in [2.24, 2.45) is 17.8 Å². The average Bonchev–Trinajstić information content (AvgIpc) is 2.69. The smallest absolute Gasteiger partial charge is 0.0613 e. The topological polar surface area (TPSA) is 32.3 Å². The lowest BCUT2D eigenvalue weighted by molar-refractivity contribution is 0.221. The maximum atomic E-state index is 9.19. The van der Waals surface area contributed by atoms with Crippen molar-refractivity contribution in [2.75, 3.05) is 13.2 Å². The van der Waals surface area contributed by atoms with Crippen molar-refractivity contribution in [3.05, 3.63) is 12.2 Å². The molecule has 2 heteroatoms. The molecule has 14 heavy (non-hydrogen) atoms. The summed E-state index contributed by atoms with van der Waals surface area (Å²) < 4.78 is 0. The van der Waals surface area contributed by atoms with Crippen molar-refractivity contribution in [3.63, 3.8) is 0 Å². The fraction of sp³-hybridized carbons (Fsp3) is 0.833. The van der Waals surface area contributed by atoms with E-state index in [0.717, 1.165) is 24.3 Å². The van der Waals surface area contributed by atoms with Crippen LogP contribution in [0.2, 0.25) is 0 Å². The molecule has 2 nitrogen and oxygen atoms in total. The molecule has 78 valence electrons. The lowest BCUT2D eigenvalue weighted by Gasteiger charge is -2.22. The van der Waals surface area contributed by atoms with Crippen LogP contribution in [-0.4, -0.2) is 23.8 Å². The normalized spacial score (nSPS) is 41.9. The van der Waals surface area contributed by atoms with E-state index in [1.165, 1.54) is 25.7 Å². The van der Waals surface area contributed by atoms with Crippen LogP contribution in [-0.2, 0) is 0 Å². The van der Waals surface area contributed by atoms with E-state index in [-0.39, 0.29) is 5.54 Å². The summed E-state index contributed by atoms with van der Waals surface area (Å²) in [6.07, 6.45) is 9.88. The maximum absolute atomic E-state index is 9.19. The molecule has 0 saturated heterocycles. The van der Waals surface area contributed by atoms with Gasteiger partial charge in [-0.2, -0.15) is 0 Å². The van der Waals surface area contributed by atoms with Gasteiger partial charge in [0.1, 0.15) is 0 Å². The number of aliphatic hydroxyl groups is 1. The predicted octanol–water partition coefficient (Wildman–Crippen LogP) is 1.31. The third-order valence-corrected chi connectivity index (χ3v) is 4.31. The Balaban J connectivity index is 1.52. The fourth-order valence-electron chi connectivity index (χ4n) is 3.02. The molecule has 2 bridgehead atoms. The number of aliphatic hydroxyl groups excluding tert-OH is 1. The minimum atomic E-state index is 0.131. The summed E-state index contributed by atoms with van der Waals surface area (Å²) in [5, 5.41) is 12.7. The highest BCUT2D eigenvalue weighted by Crippen LogP contribution is 2.44. The molecule has 0 spiro atoms. The van der Waals surface area contributed by atoms with Crippen molar-refractivity contribution in [1.29, 1.82) is 0 Å². The van der Waals surface area contributed by atoms with Gasteiger partial charge in [-0.25, -0.2) is 0 Å². The second-order valence-electron chi connectivity index (χ2n) is 5.36. The summed E-state index contributed by atoms with van der Waals surface area (Å²) in [6.45, 7) is 1.44. The molecule has 3 rings (SSSR count). The summed E-state index contributed by atoms with van der Waals surface area (Å²) in [7, 11) is 0. The molecule has 0 aromatic rings. The minimum Gasteiger partial charge on any atom is -0.394 e. The van der Waals surface area contributed by atoms with E-state index in [9.17, 15) is 5.11 Å². The molecule has 2 N–H and O–H groups in total. The van der Waals surface area contributed by atoms with Crippen LogP contribution in [0.3, 0.4) is 0 Å². The second kappa shape index (κ2) is 3.07. The Labute approximate surface area is 85.4 Å². The summed E-state index contributed by atoms with van der Waals surface area (Å²) in [5.74, 6) is 2.55. The zero-order valence-corrected chi connectivity index (χ0v) is 8.58. The third-order valence-electron chi connectivity index (χ3n) is 4.31. The molecule has 0 aromatic heterocycles. The van der Waals surface area contributed by atoms with E-state index in [2.05, 4.69) is 17.5 Å². The molecule has 3 aliphatic rings. The molecule has 0 radical (unpaired) electrons. The summed E-state index contributed by atoms with van der Waals surface area (Å²) in [5.41, 5.74) is 0.131. The highest BCUT2D eigenvalue weighted by Gasteiger charge is 2.43. The van der Waals surface area contributed by atoms with Gasteiger partial charge in [-0.1, -0.05) is 12.2 Å². The van der Waals surface area contributed by atoms with Gasteiger partial charge in [0.25, 0.3) is 0 Å². The summed E-state index contributed by atoms with van der Waals surface area (Å²) in [6, 6.07) is 0. The van der Waals surface area contributed by atoms with E-state index in [0.29, 0.717) is 6.61 Å². The van der Waals surface area contributed by atoms with Crippen molar-refractivity contribution in [3.8, 4) is 0 Å². The van der Waals surface area contributed by atoms with Crippen molar-refractivity contribution >= 4 is 0 Å². The molecule has 3 unspecified atom stereocenters. The Kier molecular flexibility index (Phi) is 1.96. The van der Waals surface area contributed by atoms with Crippen LogP contribution in [0.1, 0.15) is 25.7 Å². The Morgan fingerprint density at radius 3 is 2.64 bits per heavy atom. The van der Waals surface area contributed by atoms with Crippen LogP contribution in [0.5, 0.6) is 0 Å². The number of allylic oxidation sites excluding steroid dienone is 2. The molecule has 3 aliphatic carbocycles. The largest absolute Gasteiger partial charge is 0.394 e. The lowest BCUT2D eigenvalue weighted by atomic mass is 9.93. The average molecular weight is 193 g/mol. The monoisotopic (exact) mass is 193 g/mol. The van der Waals surface area contributed by atoms with Gasteiger partial charge in [0, 0.05) is 5.54 Å². The highest BCUT2D eigenvalue weighted by molar-refractivity contribution is 5.11. The second-order valence-corrected chi connectivity index (χ2v) is 5.36. The standard InChI is InChI=1S/C12H19NO/c14-8-12(3-4-12)13-7-11-6-9-1-2-10(11)5-9/h1-2,9-11,13-14H,3-8H2. The van der Waals surface area contributed by atoms with Crippen molar-refractivity contribution < 1.29 is 5.11 Å². The van der Waals surface area contributed by atoms with Gasteiger partial charge in [-0.3, -0.25) is 0 Å². The number of fused-ring (bicyclic) bond motifs is 2. The molecule has 0 amide bonds. The van der Waals surface area contributed by atoms with Crippen LogP contribution in [0.15, 0.2) is 12.2 Å². The number of rotatable bonds is 4. The fourth-order valence-corrected chi connectivity index (χ4v) is 3.02. The molecule has 2 fully saturated rings. The number of hydrogen-bond acceptors (Lipinski definition) is 2. The van der Waals surface area contributed by atoms with Gasteiger partial charge in [0.05, 0.1) is 6.61 Å². The third kappa shape index (κ3) is 1.41. The van der Waals surface area contributed by atoms with Crippen LogP contribution in [0.25, 0.3) is 0 Å². The molecule has 0 heterocycles. The van der Waals surface area contributed by atoms with Gasteiger partial charge in [-0.05, 0) is 50.0 Å². The first-order valence-electron chi connectivity index (χ1n) is 5.86. The maximum Gasteiger partial charge on any atom is 0.0613 e. The number of hydrogen-bond donors (Lipinski definition) is 2. The molecule has 3 atom stereocenters. The summed E-state index contributed by atoms with van der Waals surface area (Å²) >= 11 is 0. The molecule has 0 aliphatic heterocycles. The van der Waals surface area contributed by atoms with E-state index >= 15 is 0 Å². The zero-order valence-electron chi connectivity index (χ0n) is 8.58. The van der Waals surface area contributed by atoms with Crippen LogP contribution in [0, 0.1) is 17.8 Å². The number of nitrogens with one attached hydrogen (secondary N) is 1. The van der Waals surface area contributed by atoms with Crippen LogP contribution >= 0.6 is 0 Å². The van der Waals surface area contributed by atoms with Gasteiger partial charge >= 0.3 is 0 Å². The molecule has 0 aromatic carbocycles. The molecule has 2 saturated carbocycles. The van der Waals surface area contributed by atoms with Crippen molar-refractivity contribution in [2.45, 2.75) is 31.2 Å². The van der Waals surface area contributed by atoms with Crippen LogP contribution in [0.4, 0.5) is 0 Å². The summed E-state index contributed by atoms with van der Waals surface area (Å²) in [4.78, 5) is 0. The van der Waals surface area contributed by atoms with Crippen molar-refractivity contribution in [1.82, 2.24) is 5.32 Å². The molecular formula is C12H19NO. The Bertz CT molecular complexity index is 257. The quantitative estimate of drug-likeness (QED) is 0.660. The SMILES string of the molecule is OCC1(NCC2CC3C=CC2C3)CC1. The van der Waals surface area contributed by atoms with Gasteiger partial charge in [-0.15, -0.1) is 0 Å². The minimum absolute atomic E-state index is 0.131. The molecular weight excluding hydrogens is 174 g/mol. The van der Waals surface area contributed by atoms with E-state index in [1.807, 2.05) is 0 Å². The van der Waals surface area contributed by atoms with E-state index in [4.69, 9.17) is 0 Å². The van der Waals surface area contributed by atoms with E-state index in [1.54, 1.807) is 0 Å².